The van der Waals surface area contributed by atoms with E-state index in [2.05, 4.69) is 10.3 Å². The van der Waals surface area contributed by atoms with Gasteiger partial charge in [0.15, 0.2) is 5.17 Å². The topological polar surface area (TPSA) is 84.6 Å². The number of nitrogens with one attached hydrogen (secondary N) is 1. The third-order valence-electron chi connectivity index (χ3n) is 3.39. The summed E-state index contributed by atoms with van der Waals surface area (Å²) < 4.78 is 0. The van der Waals surface area contributed by atoms with E-state index in [0.29, 0.717) is 15.8 Å². The lowest BCUT2D eigenvalue weighted by molar-refractivity contribution is -0.384. The molecule has 1 aliphatic heterocycles. The van der Waals surface area contributed by atoms with Crippen molar-refractivity contribution in [3.63, 3.8) is 0 Å². The number of carbonyl (C=O) groups is 1. The van der Waals surface area contributed by atoms with Crippen molar-refractivity contribution >= 4 is 51.9 Å². The van der Waals surface area contributed by atoms with E-state index < -0.39 is 4.92 Å². The summed E-state index contributed by atoms with van der Waals surface area (Å²) in [4.78, 5) is 27.1. The Morgan fingerprint density at radius 1 is 1.24 bits per heavy atom. The molecule has 0 aliphatic carbocycles. The Kier molecular flexibility index (Phi) is 4.87. The Balaban J connectivity index is 1.83. The summed E-state index contributed by atoms with van der Waals surface area (Å²) >= 11 is 7.21. The Hall–Kier alpha value is -2.64. The first-order chi connectivity index (χ1) is 11.9. The van der Waals surface area contributed by atoms with E-state index in [4.69, 9.17) is 11.6 Å². The van der Waals surface area contributed by atoms with E-state index in [1.54, 1.807) is 6.08 Å². The minimum absolute atomic E-state index is 0.114. The lowest BCUT2D eigenvalue weighted by atomic mass is 10.1. The van der Waals surface area contributed by atoms with Gasteiger partial charge in [-0.1, -0.05) is 41.4 Å². The van der Waals surface area contributed by atoms with Gasteiger partial charge < -0.3 is 5.32 Å². The van der Waals surface area contributed by atoms with Crippen LogP contribution >= 0.6 is 23.4 Å². The van der Waals surface area contributed by atoms with Gasteiger partial charge in [0.1, 0.15) is 0 Å². The molecule has 2 aromatic carbocycles. The van der Waals surface area contributed by atoms with Crippen LogP contribution in [-0.2, 0) is 4.79 Å². The molecule has 3 rings (SSSR count). The first kappa shape index (κ1) is 17.2. The minimum atomic E-state index is -0.530. The number of hydrogen-bond acceptors (Lipinski definition) is 5. The maximum atomic E-state index is 12.1. The van der Waals surface area contributed by atoms with Crippen LogP contribution in [0.3, 0.4) is 0 Å². The number of nitro groups is 1. The van der Waals surface area contributed by atoms with Crippen LogP contribution < -0.4 is 5.32 Å². The zero-order chi connectivity index (χ0) is 18.0. The van der Waals surface area contributed by atoms with E-state index in [9.17, 15) is 14.9 Å². The monoisotopic (exact) mass is 373 g/mol. The van der Waals surface area contributed by atoms with E-state index in [0.717, 1.165) is 11.1 Å². The van der Waals surface area contributed by atoms with Crippen LogP contribution in [0, 0.1) is 17.0 Å². The summed E-state index contributed by atoms with van der Waals surface area (Å²) in [5.41, 5.74) is 2.29. The van der Waals surface area contributed by atoms with Crippen molar-refractivity contribution in [1.29, 1.82) is 0 Å². The second-order valence-corrected chi connectivity index (χ2v) is 6.72. The number of nitrogens with zero attached hydrogens (tertiary/aromatic N) is 2. The van der Waals surface area contributed by atoms with Gasteiger partial charge in [0.2, 0.25) is 0 Å². The van der Waals surface area contributed by atoms with Gasteiger partial charge in [0.05, 0.1) is 20.5 Å². The third kappa shape index (κ3) is 4.07. The van der Waals surface area contributed by atoms with Gasteiger partial charge in [-0.25, -0.2) is 4.99 Å². The molecule has 1 fully saturated rings. The maximum Gasteiger partial charge on any atom is 0.271 e. The molecular formula is C17H12ClN3O3S. The number of amidine groups is 1. The van der Waals surface area contributed by atoms with Crippen molar-refractivity contribution in [2.24, 2.45) is 4.99 Å². The molecule has 1 heterocycles. The number of aliphatic imine (C=N–C) groups is 1. The van der Waals surface area contributed by atoms with Crippen molar-refractivity contribution in [2.45, 2.75) is 6.92 Å². The molecule has 2 aromatic rings. The Labute approximate surface area is 152 Å². The molecule has 0 aromatic heterocycles. The highest BCUT2D eigenvalue weighted by atomic mass is 35.5. The van der Waals surface area contributed by atoms with Crippen LogP contribution in [0.2, 0.25) is 5.02 Å². The van der Waals surface area contributed by atoms with Gasteiger partial charge in [-0.15, -0.1) is 0 Å². The Bertz CT molecular complexity index is 923. The Morgan fingerprint density at radius 2 is 1.96 bits per heavy atom. The first-order valence-electron chi connectivity index (χ1n) is 7.22. The standard InChI is InChI=1S/C17H12ClN3O3S/c1-10-2-4-11(5-3-10)8-15-16(22)20-17(25-15)19-14-7-6-12(21(23)24)9-13(14)18/h2-9H,1H3,(H,19,20,22)/b15-8+. The number of benzene rings is 2. The number of rotatable bonds is 3. The molecule has 0 unspecified atom stereocenters. The van der Waals surface area contributed by atoms with Crippen LogP contribution in [0.5, 0.6) is 0 Å². The van der Waals surface area contributed by atoms with E-state index in [1.165, 1.54) is 30.0 Å². The maximum absolute atomic E-state index is 12.1. The average molecular weight is 374 g/mol. The van der Waals surface area contributed by atoms with Crippen LogP contribution in [0.1, 0.15) is 11.1 Å². The van der Waals surface area contributed by atoms with Crippen LogP contribution in [0.15, 0.2) is 52.4 Å². The fourth-order valence-electron chi connectivity index (χ4n) is 2.10. The number of thioether (sulfide) groups is 1. The Morgan fingerprint density at radius 3 is 2.60 bits per heavy atom. The van der Waals surface area contributed by atoms with Gasteiger partial charge in [0, 0.05) is 12.1 Å². The van der Waals surface area contributed by atoms with Crippen molar-refractivity contribution in [3.05, 3.63) is 73.6 Å². The number of carbonyl (C=O) groups excluding carboxylic acids is 1. The second kappa shape index (κ2) is 7.08. The summed E-state index contributed by atoms with van der Waals surface area (Å²) in [6, 6.07) is 11.8. The molecule has 8 heteroatoms. The van der Waals surface area contributed by atoms with Crippen LogP contribution in [0.25, 0.3) is 6.08 Å². The minimum Gasteiger partial charge on any atom is -0.300 e. The lowest BCUT2D eigenvalue weighted by Gasteiger charge is -1.99. The molecule has 25 heavy (non-hydrogen) atoms. The quantitative estimate of drug-likeness (QED) is 0.489. The highest BCUT2D eigenvalue weighted by molar-refractivity contribution is 8.18. The first-order valence-corrected chi connectivity index (χ1v) is 8.42. The summed E-state index contributed by atoms with van der Waals surface area (Å²) in [6.45, 7) is 1.99. The van der Waals surface area contributed by atoms with E-state index in [-0.39, 0.29) is 16.6 Å². The van der Waals surface area contributed by atoms with Crippen molar-refractivity contribution in [3.8, 4) is 0 Å². The summed E-state index contributed by atoms with van der Waals surface area (Å²) in [6.07, 6.45) is 1.78. The molecule has 0 saturated carbocycles. The highest BCUT2D eigenvalue weighted by Gasteiger charge is 2.24. The molecule has 1 aliphatic rings. The van der Waals surface area contributed by atoms with Gasteiger partial charge in [-0.3, -0.25) is 14.9 Å². The fraction of sp³-hybridized carbons (Fsp3) is 0.0588. The largest absolute Gasteiger partial charge is 0.300 e. The molecule has 6 nitrogen and oxygen atoms in total. The normalized spacial score (nSPS) is 17.1. The van der Waals surface area contributed by atoms with Crippen molar-refractivity contribution in [2.75, 3.05) is 0 Å². The van der Waals surface area contributed by atoms with Crippen LogP contribution in [-0.4, -0.2) is 16.0 Å². The molecule has 0 spiro atoms. The van der Waals surface area contributed by atoms with E-state index >= 15 is 0 Å². The fourth-order valence-corrected chi connectivity index (χ4v) is 3.16. The van der Waals surface area contributed by atoms with Crippen molar-refractivity contribution < 1.29 is 9.72 Å². The summed E-state index contributed by atoms with van der Waals surface area (Å²) in [7, 11) is 0. The number of hydrogen-bond donors (Lipinski definition) is 1. The van der Waals surface area contributed by atoms with Crippen molar-refractivity contribution in [1.82, 2.24) is 5.32 Å². The number of non-ortho nitro benzene ring substituents is 1. The smallest absolute Gasteiger partial charge is 0.271 e. The predicted molar refractivity (Wildman–Crippen MR) is 100 cm³/mol. The van der Waals surface area contributed by atoms with E-state index in [1.807, 2.05) is 31.2 Å². The zero-order valence-electron chi connectivity index (χ0n) is 13.0. The SMILES string of the molecule is Cc1ccc(/C=C2/SC(=Nc3ccc([N+](=O)[O-])cc3Cl)NC2=O)cc1. The second-order valence-electron chi connectivity index (χ2n) is 5.29. The lowest BCUT2D eigenvalue weighted by Crippen LogP contribution is -2.19. The molecule has 0 atom stereocenters. The number of amides is 1. The summed E-state index contributed by atoms with van der Waals surface area (Å²) in [5.74, 6) is -0.248. The average Bonchev–Trinajstić information content (AvgIpc) is 2.91. The molecular weight excluding hydrogens is 362 g/mol. The molecule has 1 saturated heterocycles. The number of aryl methyl sites for hydroxylation is 1. The van der Waals surface area contributed by atoms with Gasteiger partial charge in [-0.05, 0) is 36.4 Å². The molecule has 0 bridgehead atoms. The third-order valence-corrected chi connectivity index (χ3v) is 4.60. The molecule has 1 amide bonds. The molecule has 1 N–H and O–H groups in total. The summed E-state index contributed by atoms with van der Waals surface area (Å²) in [5, 5.41) is 13.9. The zero-order valence-corrected chi connectivity index (χ0v) is 14.6. The van der Waals surface area contributed by atoms with Crippen LogP contribution in [0.4, 0.5) is 11.4 Å². The number of nitro benzene ring substituents is 1. The van der Waals surface area contributed by atoms with Gasteiger partial charge in [-0.2, -0.15) is 0 Å². The van der Waals surface area contributed by atoms with Gasteiger partial charge in [0.25, 0.3) is 11.6 Å². The van der Waals surface area contributed by atoms with Gasteiger partial charge >= 0.3 is 0 Å². The highest BCUT2D eigenvalue weighted by Crippen LogP contribution is 2.32. The molecule has 0 radical (unpaired) electrons. The predicted octanol–water partition coefficient (Wildman–Crippen LogP) is 4.45. The number of halogens is 1. The molecule has 126 valence electrons.